The van der Waals surface area contributed by atoms with Crippen LogP contribution in [-0.2, 0) is 10.1 Å². The van der Waals surface area contributed by atoms with Gasteiger partial charge in [-0.25, -0.2) is 4.39 Å². The molecule has 0 saturated heterocycles. The number of oxazole rings is 1. The average molecular weight is 494 g/mol. The number of aryl methyl sites for hydroxylation is 1. The van der Waals surface area contributed by atoms with Gasteiger partial charge >= 0.3 is 0 Å². The first-order valence-electron chi connectivity index (χ1n) is 10.7. The highest BCUT2D eigenvalue weighted by Gasteiger charge is 2.24. The lowest BCUT2D eigenvalue weighted by molar-refractivity contribution is 0.182. The number of halogens is 1. The number of fused-ring (bicyclic) bond motifs is 1. The zero-order chi connectivity index (χ0) is 24.7. The number of nitrogens with zero attached hydrogens (tertiary/aromatic N) is 1. The van der Waals surface area contributed by atoms with Crippen molar-refractivity contribution in [3.63, 3.8) is 0 Å². The summed E-state index contributed by atoms with van der Waals surface area (Å²) >= 11 is 0. The summed E-state index contributed by atoms with van der Waals surface area (Å²) in [4.78, 5) is 4.30. The smallest absolute Gasteiger partial charge is 0.295 e. The fraction of sp³-hybridized carbons (Fsp3) is 0.348. The van der Waals surface area contributed by atoms with Crippen LogP contribution in [0.5, 0.6) is 5.75 Å². The van der Waals surface area contributed by atoms with E-state index in [1.807, 2.05) is 6.92 Å². The molecule has 1 saturated carbocycles. The van der Waals surface area contributed by atoms with Crippen molar-refractivity contribution in [3.05, 3.63) is 59.9 Å². The Morgan fingerprint density at radius 1 is 1.29 bits per heavy atom. The lowest BCUT2D eigenvalue weighted by Gasteiger charge is -2.08. The molecule has 1 aromatic heterocycles. The number of ether oxygens (including phenoxy) is 1. The largest absolute Gasteiger partial charge is 0.489 e. The van der Waals surface area contributed by atoms with E-state index in [4.69, 9.17) is 19.4 Å². The Balaban J connectivity index is 0.000000248. The van der Waals surface area contributed by atoms with Gasteiger partial charge in [0, 0.05) is 24.2 Å². The molecule has 5 N–H and O–H groups in total. The van der Waals surface area contributed by atoms with Crippen LogP contribution in [0.15, 0.2) is 63.7 Å². The van der Waals surface area contributed by atoms with Crippen LogP contribution >= 0.6 is 0 Å². The molecule has 1 fully saturated rings. The Morgan fingerprint density at radius 3 is 2.62 bits per heavy atom. The van der Waals surface area contributed by atoms with Crippen LogP contribution < -0.4 is 15.8 Å². The van der Waals surface area contributed by atoms with Crippen molar-refractivity contribution in [1.82, 2.24) is 4.98 Å². The molecule has 3 aromatic rings. The number of nitrogens with two attached hydrogens (primary N) is 1. The highest BCUT2D eigenvalue weighted by molar-refractivity contribution is 7.85. The molecule has 1 aliphatic carbocycles. The maximum Gasteiger partial charge on any atom is 0.295 e. The highest BCUT2D eigenvalue weighted by atomic mass is 32.2. The van der Waals surface area contributed by atoms with Crippen LogP contribution in [-0.4, -0.2) is 48.4 Å². The SMILES string of the molecule is Cc1ccc(S(=O)(=O)O)cc1.NC/C(=C\F)COc1ccc2nc(NC3CCC(O)C3)oc2c1. The maximum atomic E-state index is 12.5. The predicted octanol–water partition coefficient (Wildman–Crippen LogP) is 3.59. The number of hydrogen-bond donors (Lipinski definition) is 4. The third-order valence-electron chi connectivity index (χ3n) is 5.25. The lowest BCUT2D eigenvalue weighted by Crippen LogP contribution is -2.16. The minimum Gasteiger partial charge on any atom is -0.489 e. The number of aliphatic hydroxyl groups excluding tert-OH is 1. The second-order valence-electron chi connectivity index (χ2n) is 8.00. The number of hydrogen-bond acceptors (Lipinski definition) is 8. The number of benzene rings is 2. The molecular weight excluding hydrogens is 465 g/mol. The van der Waals surface area contributed by atoms with Gasteiger partial charge in [-0.2, -0.15) is 13.4 Å². The molecule has 4 rings (SSSR count). The second-order valence-corrected chi connectivity index (χ2v) is 9.43. The molecule has 2 atom stereocenters. The van der Waals surface area contributed by atoms with Crippen LogP contribution in [0.25, 0.3) is 11.1 Å². The van der Waals surface area contributed by atoms with E-state index in [1.165, 1.54) is 12.1 Å². The van der Waals surface area contributed by atoms with E-state index in [2.05, 4.69) is 10.3 Å². The monoisotopic (exact) mass is 493 g/mol. The van der Waals surface area contributed by atoms with Crippen molar-refractivity contribution in [2.24, 2.45) is 5.73 Å². The van der Waals surface area contributed by atoms with Crippen molar-refractivity contribution < 1.29 is 31.6 Å². The molecule has 0 radical (unpaired) electrons. The normalized spacial score (nSPS) is 18.4. The Bertz CT molecular complexity index is 1230. The van der Waals surface area contributed by atoms with Gasteiger partial charge in [-0.05, 0) is 50.5 Å². The third kappa shape index (κ3) is 7.26. The number of aromatic nitrogens is 1. The zero-order valence-electron chi connectivity index (χ0n) is 18.6. The van der Waals surface area contributed by atoms with Crippen molar-refractivity contribution in [1.29, 1.82) is 0 Å². The van der Waals surface area contributed by atoms with E-state index < -0.39 is 10.1 Å². The number of anilines is 1. The van der Waals surface area contributed by atoms with Gasteiger partial charge in [0.15, 0.2) is 5.58 Å². The first-order chi connectivity index (χ1) is 16.2. The molecule has 0 spiro atoms. The van der Waals surface area contributed by atoms with Crippen molar-refractivity contribution >= 4 is 27.2 Å². The molecule has 9 nitrogen and oxygen atoms in total. The van der Waals surface area contributed by atoms with Gasteiger partial charge in [0.25, 0.3) is 16.1 Å². The summed E-state index contributed by atoms with van der Waals surface area (Å²) in [6.45, 7) is 2.05. The summed E-state index contributed by atoms with van der Waals surface area (Å²) < 4.78 is 53.2. The molecule has 0 bridgehead atoms. The minimum absolute atomic E-state index is 0.0666. The first-order valence-corrected chi connectivity index (χ1v) is 12.1. The second kappa shape index (κ2) is 11.4. The fourth-order valence-corrected chi connectivity index (χ4v) is 3.82. The maximum absolute atomic E-state index is 12.5. The molecule has 0 aliphatic heterocycles. The number of rotatable bonds is 7. The van der Waals surface area contributed by atoms with E-state index in [-0.39, 0.29) is 30.2 Å². The first kappa shape index (κ1) is 25.6. The summed E-state index contributed by atoms with van der Waals surface area (Å²) in [6.07, 6.45) is 2.60. The van der Waals surface area contributed by atoms with Crippen LogP contribution in [0.1, 0.15) is 24.8 Å². The third-order valence-corrected chi connectivity index (χ3v) is 6.12. The predicted molar refractivity (Wildman–Crippen MR) is 126 cm³/mol. The summed E-state index contributed by atoms with van der Waals surface area (Å²) in [5.74, 6) is 0.560. The van der Waals surface area contributed by atoms with Crippen molar-refractivity contribution in [2.45, 2.75) is 43.2 Å². The Kier molecular flexibility index (Phi) is 8.61. The van der Waals surface area contributed by atoms with Crippen LogP contribution in [0.2, 0.25) is 0 Å². The number of aliphatic hydroxyl groups is 1. The zero-order valence-corrected chi connectivity index (χ0v) is 19.5. The molecular formula is C23H28FN3O6S. The van der Waals surface area contributed by atoms with Crippen LogP contribution in [0.3, 0.4) is 0 Å². The van der Waals surface area contributed by atoms with E-state index in [9.17, 15) is 17.9 Å². The topological polar surface area (TPSA) is 148 Å². The molecule has 2 unspecified atom stereocenters. The van der Waals surface area contributed by atoms with Crippen LogP contribution in [0, 0.1) is 6.92 Å². The van der Waals surface area contributed by atoms with Gasteiger partial charge in [0.05, 0.1) is 17.3 Å². The van der Waals surface area contributed by atoms with Crippen molar-refractivity contribution in [2.75, 3.05) is 18.5 Å². The van der Waals surface area contributed by atoms with E-state index in [0.717, 1.165) is 18.4 Å². The van der Waals surface area contributed by atoms with E-state index in [1.54, 1.807) is 30.3 Å². The Morgan fingerprint density at radius 2 is 2.03 bits per heavy atom. The Hall–Kier alpha value is -2.99. The van der Waals surface area contributed by atoms with Gasteiger partial charge < -0.3 is 25.3 Å². The summed E-state index contributed by atoms with van der Waals surface area (Å²) in [6, 6.07) is 11.8. The fourth-order valence-electron chi connectivity index (χ4n) is 3.34. The highest BCUT2D eigenvalue weighted by Crippen LogP contribution is 2.27. The van der Waals surface area contributed by atoms with E-state index >= 15 is 0 Å². The molecule has 184 valence electrons. The standard InChI is InChI=1S/C16H20FN3O3.C7H8O3S/c17-7-10(8-18)9-22-13-3-4-14-15(6-13)23-16(20-14)19-11-1-2-12(21)5-11;1-6-2-4-7(5-3-6)11(8,9)10/h3-4,6-7,11-12,21H,1-2,5,8-9,18H2,(H,19,20);2-5H,1H3,(H,8,9,10)/b10-7+;. The van der Waals surface area contributed by atoms with Crippen LogP contribution in [0.4, 0.5) is 10.4 Å². The molecule has 11 heteroatoms. The average Bonchev–Trinajstić information content (AvgIpc) is 3.39. The van der Waals surface area contributed by atoms with Gasteiger partial charge in [-0.15, -0.1) is 0 Å². The van der Waals surface area contributed by atoms with Gasteiger partial charge in [-0.1, -0.05) is 17.7 Å². The molecule has 2 aromatic carbocycles. The molecule has 34 heavy (non-hydrogen) atoms. The van der Waals surface area contributed by atoms with Crippen molar-refractivity contribution in [3.8, 4) is 5.75 Å². The molecule has 0 amide bonds. The van der Waals surface area contributed by atoms with E-state index in [0.29, 0.717) is 41.2 Å². The lowest BCUT2D eigenvalue weighted by atomic mass is 10.2. The van der Waals surface area contributed by atoms with Gasteiger partial charge in [0.1, 0.15) is 17.9 Å². The Labute approximate surface area is 197 Å². The quantitative estimate of drug-likeness (QED) is 0.362. The summed E-state index contributed by atoms with van der Waals surface area (Å²) in [7, 11) is -4.02. The summed E-state index contributed by atoms with van der Waals surface area (Å²) in [5.41, 5.74) is 8.01. The van der Waals surface area contributed by atoms with Gasteiger partial charge in [-0.3, -0.25) is 4.55 Å². The molecule has 1 aliphatic rings. The molecule has 1 heterocycles. The van der Waals surface area contributed by atoms with Gasteiger partial charge in [0.2, 0.25) is 0 Å². The minimum atomic E-state index is -4.02. The number of nitrogens with one attached hydrogen (secondary N) is 1. The summed E-state index contributed by atoms with van der Waals surface area (Å²) in [5, 5.41) is 12.7.